The summed E-state index contributed by atoms with van der Waals surface area (Å²) in [7, 11) is 0. The number of aromatic nitrogens is 1. The van der Waals surface area contributed by atoms with E-state index in [0.29, 0.717) is 0 Å². The normalized spacial score (nSPS) is 10.9. The molecule has 0 radical (unpaired) electrons. The van der Waals surface area contributed by atoms with Gasteiger partial charge in [-0.1, -0.05) is 19.1 Å². The van der Waals surface area contributed by atoms with E-state index in [1.807, 2.05) is 30.5 Å². The van der Waals surface area contributed by atoms with Gasteiger partial charge in [-0.05, 0) is 31.2 Å². The third kappa shape index (κ3) is 2.39. The van der Waals surface area contributed by atoms with Crippen LogP contribution in [0.1, 0.15) is 20.3 Å². The van der Waals surface area contributed by atoms with Gasteiger partial charge in [-0.15, -0.1) is 11.8 Å². The van der Waals surface area contributed by atoms with Crippen LogP contribution in [-0.4, -0.2) is 10.3 Å². The minimum Gasteiger partial charge on any atom is -0.346 e. The van der Waals surface area contributed by atoms with Crippen LogP contribution in [-0.2, 0) is 6.54 Å². The molecule has 0 bridgehead atoms. The van der Waals surface area contributed by atoms with Crippen LogP contribution in [0.3, 0.4) is 0 Å². The van der Waals surface area contributed by atoms with Gasteiger partial charge in [0, 0.05) is 18.1 Å². The van der Waals surface area contributed by atoms with Crippen LogP contribution in [0.4, 0.5) is 0 Å². The van der Waals surface area contributed by atoms with Crippen LogP contribution >= 0.6 is 11.8 Å². The molecule has 0 saturated heterocycles. The number of hydrogen-bond donors (Lipinski definition) is 0. The van der Waals surface area contributed by atoms with E-state index in [0.717, 1.165) is 34.5 Å². The minimum atomic E-state index is 0.170. The van der Waals surface area contributed by atoms with Crippen molar-refractivity contribution < 1.29 is 0 Å². The molecule has 2 aromatic rings. The fourth-order valence-electron chi connectivity index (χ4n) is 1.90. The molecular weight excluding hydrogens is 230 g/mol. The summed E-state index contributed by atoms with van der Waals surface area (Å²) in [6, 6.07) is 7.83. The lowest BCUT2D eigenvalue weighted by atomic mass is 10.2. The van der Waals surface area contributed by atoms with Crippen molar-refractivity contribution in [1.29, 1.82) is 0 Å². The van der Waals surface area contributed by atoms with Crippen LogP contribution in [0, 0.1) is 0 Å². The summed E-state index contributed by atoms with van der Waals surface area (Å²) in [5.41, 5.74) is 1.20. The Labute approximate surface area is 106 Å². The summed E-state index contributed by atoms with van der Waals surface area (Å²) < 4.78 is 2.15. The van der Waals surface area contributed by atoms with E-state index < -0.39 is 0 Å². The van der Waals surface area contributed by atoms with Crippen LogP contribution in [0.15, 0.2) is 40.2 Å². The molecule has 1 heterocycles. The van der Waals surface area contributed by atoms with E-state index in [1.165, 1.54) is 0 Å². The Morgan fingerprint density at radius 2 is 2.00 bits per heavy atom. The Kier molecular flexibility index (Phi) is 3.89. The van der Waals surface area contributed by atoms with Gasteiger partial charge >= 0.3 is 0 Å². The molecule has 0 spiro atoms. The molecule has 0 unspecified atom stereocenters. The molecule has 17 heavy (non-hydrogen) atoms. The molecule has 0 aliphatic heterocycles. The van der Waals surface area contributed by atoms with Gasteiger partial charge in [0.2, 0.25) is 5.43 Å². The number of pyridine rings is 1. The number of thioether (sulfide) groups is 1. The highest BCUT2D eigenvalue weighted by Gasteiger charge is 2.07. The van der Waals surface area contributed by atoms with Crippen molar-refractivity contribution in [1.82, 2.24) is 4.57 Å². The molecule has 0 fully saturated rings. The molecule has 2 rings (SSSR count). The summed E-state index contributed by atoms with van der Waals surface area (Å²) in [5, 5.41) is 0.829. The third-order valence-electron chi connectivity index (χ3n) is 2.76. The van der Waals surface area contributed by atoms with Crippen molar-refractivity contribution in [3.8, 4) is 0 Å². The average Bonchev–Trinajstić information content (AvgIpc) is 2.38. The molecule has 0 saturated carbocycles. The summed E-state index contributed by atoms with van der Waals surface area (Å²) >= 11 is 1.66. The lowest BCUT2D eigenvalue weighted by molar-refractivity contribution is 0.775. The number of aryl methyl sites for hydroxylation is 1. The van der Waals surface area contributed by atoms with Crippen molar-refractivity contribution >= 4 is 22.7 Å². The molecule has 0 amide bonds. The zero-order valence-corrected chi connectivity index (χ0v) is 11.1. The summed E-state index contributed by atoms with van der Waals surface area (Å²) in [6.45, 7) is 5.12. The average molecular weight is 247 g/mol. The van der Waals surface area contributed by atoms with E-state index in [1.54, 1.807) is 11.8 Å². The van der Waals surface area contributed by atoms with Gasteiger partial charge < -0.3 is 4.57 Å². The molecule has 1 aromatic carbocycles. The van der Waals surface area contributed by atoms with E-state index in [-0.39, 0.29) is 5.43 Å². The smallest absolute Gasteiger partial charge is 0.202 e. The molecule has 0 atom stereocenters. The van der Waals surface area contributed by atoms with E-state index >= 15 is 0 Å². The van der Waals surface area contributed by atoms with E-state index in [2.05, 4.69) is 18.4 Å². The number of fused-ring (bicyclic) bond motifs is 1. The second-order valence-corrected chi connectivity index (χ2v) is 5.11. The fourth-order valence-corrected chi connectivity index (χ4v) is 2.76. The Morgan fingerprint density at radius 3 is 2.71 bits per heavy atom. The Balaban J connectivity index is 2.63. The standard InChI is InChI=1S/C14H17NOS/c1-3-9-17-13-10-15(4-2)12-8-6-5-7-11(12)14(13)16/h5-8,10H,3-4,9H2,1-2H3. The van der Waals surface area contributed by atoms with E-state index in [4.69, 9.17) is 0 Å². The van der Waals surface area contributed by atoms with Gasteiger partial charge in [0.15, 0.2) is 0 Å². The minimum absolute atomic E-state index is 0.170. The van der Waals surface area contributed by atoms with Crippen molar-refractivity contribution in [3.05, 3.63) is 40.7 Å². The molecule has 0 aliphatic rings. The number of hydrogen-bond acceptors (Lipinski definition) is 2. The first kappa shape index (κ1) is 12.2. The lowest BCUT2D eigenvalue weighted by Crippen LogP contribution is -2.11. The predicted octanol–water partition coefficient (Wildman–Crippen LogP) is 3.52. The van der Waals surface area contributed by atoms with Crippen LogP contribution in [0.2, 0.25) is 0 Å². The Morgan fingerprint density at radius 1 is 1.24 bits per heavy atom. The van der Waals surface area contributed by atoms with Crippen molar-refractivity contribution in [2.75, 3.05) is 5.75 Å². The first-order chi connectivity index (χ1) is 8.27. The second-order valence-electron chi connectivity index (χ2n) is 3.97. The zero-order valence-electron chi connectivity index (χ0n) is 10.3. The lowest BCUT2D eigenvalue weighted by Gasteiger charge is -2.10. The highest BCUT2D eigenvalue weighted by molar-refractivity contribution is 7.99. The van der Waals surface area contributed by atoms with Crippen LogP contribution in [0.5, 0.6) is 0 Å². The maximum Gasteiger partial charge on any atom is 0.202 e. The molecule has 0 N–H and O–H groups in total. The SMILES string of the molecule is CCCSc1cn(CC)c2ccccc2c1=O. The monoisotopic (exact) mass is 247 g/mol. The van der Waals surface area contributed by atoms with Crippen LogP contribution in [0.25, 0.3) is 10.9 Å². The van der Waals surface area contributed by atoms with Crippen molar-refractivity contribution in [3.63, 3.8) is 0 Å². The predicted molar refractivity (Wildman–Crippen MR) is 74.9 cm³/mol. The highest BCUT2D eigenvalue weighted by atomic mass is 32.2. The van der Waals surface area contributed by atoms with Crippen molar-refractivity contribution in [2.45, 2.75) is 31.7 Å². The van der Waals surface area contributed by atoms with Gasteiger partial charge in [-0.2, -0.15) is 0 Å². The van der Waals surface area contributed by atoms with Gasteiger partial charge in [-0.3, -0.25) is 4.79 Å². The fraction of sp³-hybridized carbons (Fsp3) is 0.357. The zero-order chi connectivity index (χ0) is 12.3. The molecule has 90 valence electrons. The van der Waals surface area contributed by atoms with Gasteiger partial charge in [-0.25, -0.2) is 0 Å². The Hall–Kier alpha value is -1.22. The van der Waals surface area contributed by atoms with E-state index in [9.17, 15) is 4.79 Å². The number of rotatable bonds is 4. The Bertz CT molecular complexity index is 574. The molecule has 0 aliphatic carbocycles. The van der Waals surface area contributed by atoms with Gasteiger partial charge in [0.25, 0.3) is 0 Å². The third-order valence-corrected chi connectivity index (χ3v) is 3.97. The topological polar surface area (TPSA) is 22.0 Å². The number of nitrogens with zero attached hydrogens (tertiary/aromatic N) is 1. The first-order valence-corrected chi connectivity index (χ1v) is 7.01. The second kappa shape index (κ2) is 5.41. The molecule has 2 nitrogen and oxygen atoms in total. The molecular formula is C14H17NOS. The number of benzene rings is 1. The summed E-state index contributed by atoms with van der Waals surface area (Å²) in [5.74, 6) is 0.997. The van der Waals surface area contributed by atoms with Crippen molar-refractivity contribution in [2.24, 2.45) is 0 Å². The van der Waals surface area contributed by atoms with Gasteiger partial charge in [0.1, 0.15) is 0 Å². The summed E-state index contributed by atoms with van der Waals surface area (Å²) in [6.07, 6.45) is 3.08. The quantitative estimate of drug-likeness (QED) is 0.771. The highest BCUT2D eigenvalue weighted by Crippen LogP contribution is 2.19. The first-order valence-electron chi connectivity index (χ1n) is 6.03. The van der Waals surface area contributed by atoms with Gasteiger partial charge in [0.05, 0.1) is 10.4 Å². The maximum absolute atomic E-state index is 12.3. The van der Waals surface area contributed by atoms with Crippen LogP contribution < -0.4 is 5.43 Å². The summed E-state index contributed by atoms with van der Waals surface area (Å²) in [4.78, 5) is 13.1. The number of para-hydroxylation sites is 1. The molecule has 1 aromatic heterocycles. The molecule has 3 heteroatoms. The largest absolute Gasteiger partial charge is 0.346 e. The maximum atomic E-state index is 12.3.